The van der Waals surface area contributed by atoms with Gasteiger partial charge in [-0.15, -0.1) is 11.3 Å². The minimum Gasteiger partial charge on any atom is -0.260 e. The number of amidine groups is 1. The first-order valence-electron chi connectivity index (χ1n) is 8.94. The van der Waals surface area contributed by atoms with Crippen LogP contribution < -0.4 is 5.43 Å². The summed E-state index contributed by atoms with van der Waals surface area (Å²) in [6, 6.07) is 22.5. The average molecular weight is 398 g/mol. The van der Waals surface area contributed by atoms with E-state index in [1.165, 1.54) is 12.1 Å². The van der Waals surface area contributed by atoms with Crippen molar-refractivity contribution in [2.75, 3.05) is 0 Å². The number of nitrogens with zero attached hydrogens (tertiary/aromatic N) is 3. The Morgan fingerprint density at radius 3 is 2.52 bits per heavy atom. The van der Waals surface area contributed by atoms with Crippen molar-refractivity contribution < 1.29 is 4.92 Å². The smallest absolute Gasteiger partial charge is 0.260 e. The van der Waals surface area contributed by atoms with Gasteiger partial charge in [0.25, 0.3) is 5.69 Å². The van der Waals surface area contributed by atoms with Crippen LogP contribution in [0, 0.1) is 10.1 Å². The van der Waals surface area contributed by atoms with Gasteiger partial charge in [-0.05, 0) is 35.0 Å². The van der Waals surface area contributed by atoms with Gasteiger partial charge in [-0.3, -0.25) is 15.5 Å². The minimum absolute atomic E-state index is 0.0465. The van der Waals surface area contributed by atoms with Gasteiger partial charge in [0.15, 0.2) is 5.84 Å². The van der Waals surface area contributed by atoms with Gasteiger partial charge < -0.3 is 0 Å². The number of fused-ring (bicyclic) bond motifs is 3. The molecule has 0 saturated carbocycles. The van der Waals surface area contributed by atoms with Crippen molar-refractivity contribution >= 4 is 45.0 Å². The summed E-state index contributed by atoms with van der Waals surface area (Å²) in [7, 11) is 0. The fourth-order valence-corrected chi connectivity index (χ4v) is 4.02. The summed E-state index contributed by atoms with van der Waals surface area (Å²) in [5.74, 6) is 0.675. The van der Waals surface area contributed by atoms with Crippen LogP contribution in [0.2, 0.25) is 0 Å². The predicted octanol–water partition coefficient (Wildman–Crippen LogP) is 5.24. The second kappa shape index (κ2) is 6.96. The third-order valence-corrected chi connectivity index (χ3v) is 5.64. The standard InChI is InChI=1S/C22H14N4O2S/c27-26(28)16-10-7-15(8-11-16)20-18-12-9-14-4-1-2-5-17(14)21(18)23-22(25-24-20)19-6-3-13-29-19/h1-13H,(H,23,25). The molecule has 0 spiro atoms. The van der Waals surface area contributed by atoms with E-state index in [1.54, 1.807) is 23.5 Å². The third-order valence-electron chi connectivity index (χ3n) is 4.76. The van der Waals surface area contributed by atoms with E-state index in [0.717, 1.165) is 32.5 Å². The largest absolute Gasteiger partial charge is 0.269 e. The van der Waals surface area contributed by atoms with Gasteiger partial charge >= 0.3 is 0 Å². The molecule has 0 fully saturated rings. The van der Waals surface area contributed by atoms with E-state index in [1.807, 2.05) is 47.8 Å². The van der Waals surface area contributed by atoms with Gasteiger partial charge in [-0.1, -0.05) is 36.4 Å². The molecule has 5 rings (SSSR count). The van der Waals surface area contributed by atoms with Crippen molar-refractivity contribution in [1.82, 2.24) is 5.43 Å². The number of thiophene rings is 1. The maximum atomic E-state index is 11.0. The summed E-state index contributed by atoms with van der Waals surface area (Å²) < 4.78 is 0. The molecule has 0 saturated heterocycles. The predicted molar refractivity (Wildman–Crippen MR) is 116 cm³/mol. The van der Waals surface area contributed by atoms with E-state index in [0.29, 0.717) is 11.5 Å². The highest BCUT2D eigenvalue weighted by Gasteiger charge is 2.20. The number of nitro groups is 1. The van der Waals surface area contributed by atoms with Crippen molar-refractivity contribution in [3.05, 3.63) is 104 Å². The van der Waals surface area contributed by atoms with Crippen LogP contribution in [0.25, 0.3) is 10.8 Å². The molecule has 0 radical (unpaired) electrons. The highest BCUT2D eigenvalue weighted by Crippen LogP contribution is 2.34. The zero-order valence-corrected chi connectivity index (χ0v) is 15.9. The molecular weight excluding hydrogens is 384 g/mol. The topological polar surface area (TPSA) is 79.9 Å². The van der Waals surface area contributed by atoms with Crippen LogP contribution in [0.15, 0.2) is 88.3 Å². The van der Waals surface area contributed by atoms with Crippen LogP contribution >= 0.6 is 11.3 Å². The number of hydrogen-bond donors (Lipinski definition) is 1. The van der Waals surface area contributed by atoms with Crippen molar-refractivity contribution in [3.63, 3.8) is 0 Å². The molecule has 0 amide bonds. The summed E-state index contributed by atoms with van der Waals surface area (Å²) >= 11 is 1.58. The molecule has 1 aromatic heterocycles. The lowest BCUT2D eigenvalue weighted by molar-refractivity contribution is -0.384. The zero-order valence-electron chi connectivity index (χ0n) is 15.1. The molecule has 1 aliphatic heterocycles. The van der Waals surface area contributed by atoms with Gasteiger partial charge in [0.1, 0.15) is 5.71 Å². The van der Waals surface area contributed by atoms with E-state index in [2.05, 4.69) is 16.6 Å². The molecule has 7 heteroatoms. The normalized spacial score (nSPS) is 13.1. The second-order valence-electron chi connectivity index (χ2n) is 6.50. The first-order valence-corrected chi connectivity index (χ1v) is 9.82. The van der Waals surface area contributed by atoms with E-state index in [4.69, 9.17) is 4.99 Å². The molecule has 140 valence electrons. The Bertz CT molecular complexity index is 1290. The summed E-state index contributed by atoms with van der Waals surface area (Å²) in [5.41, 5.74) is 6.31. The summed E-state index contributed by atoms with van der Waals surface area (Å²) in [4.78, 5) is 16.5. The lowest BCUT2D eigenvalue weighted by Gasteiger charge is -2.10. The van der Waals surface area contributed by atoms with Crippen LogP contribution in [-0.2, 0) is 0 Å². The van der Waals surface area contributed by atoms with Crippen LogP contribution in [-0.4, -0.2) is 16.5 Å². The Hall–Kier alpha value is -3.84. The fourth-order valence-electron chi connectivity index (χ4n) is 3.36. The number of nitrogens with one attached hydrogen (secondary N) is 1. The Labute approximate surface area is 170 Å². The Morgan fingerprint density at radius 1 is 0.931 bits per heavy atom. The summed E-state index contributed by atoms with van der Waals surface area (Å²) in [6.07, 6.45) is 0. The van der Waals surface area contributed by atoms with E-state index >= 15 is 0 Å². The number of benzene rings is 3. The van der Waals surface area contributed by atoms with Crippen molar-refractivity contribution in [3.8, 4) is 0 Å². The molecule has 29 heavy (non-hydrogen) atoms. The first-order chi connectivity index (χ1) is 14.2. The molecule has 0 aliphatic carbocycles. The van der Waals surface area contributed by atoms with Gasteiger partial charge in [0, 0.05) is 28.6 Å². The van der Waals surface area contributed by atoms with Crippen LogP contribution in [0.3, 0.4) is 0 Å². The molecule has 3 aromatic carbocycles. The van der Waals surface area contributed by atoms with Gasteiger partial charge in [-0.2, -0.15) is 5.10 Å². The summed E-state index contributed by atoms with van der Waals surface area (Å²) in [6.45, 7) is 0. The lowest BCUT2D eigenvalue weighted by atomic mass is 9.96. The van der Waals surface area contributed by atoms with Crippen LogP contribution in [0.5, 0.6) is 0 Å². The van der Waals surface area contributed by atoms with Gasteiger partial charge in [0.2, 0.25) is 0 Å². The quantitative estimate of drug-likeness (QED) is 0.378. The molecule has 0 unspecified atom stereocenters. The average Bonchev–Trinajstić information content (AvgIpc) is 3.21. The Balaban J connectivity index is 1.73. The van der Waals surface area contributed by atoms with E-state index in [9.17, 15) is 10.1 Å². The molecule has 1 N–H and O–H groups in total. The molecule has 4 aromatic rings. The molecule has 2 heterocycles. The number of aliphatic imine (C=N–C) groups is 1. The Morgan fingerprint density at radius 2 is 1.76 bits per heavy atom. The highest BCUT2D eigenvalue weighted by atomic mass is 32.1. The maximum absolute atomic E-state index is 11.0. The first kappa shape index (κ1) is 17.3. The highest BCUT2D eigenvalue weighted by molar-refractivity contribution is 7.12. The monoisotopic (exact) mass is 398 g/mol. The number of hydrogen-bond acceptors (Lipinski definition) is 6. The number of hydrazone groups is 1. The zero-order chi connectivity index (χ0) is 19.8. The summed E-state index contributed by atoms with van der Waals surface area (Å²) in [5, 5.41) is 19.7. The van der Waals surface area contributed by atoms with Gasteiger partial charge in [0.05, 0.1) is 15.5 Å². The molecule has 1 aliphatic rings. The SMILES string of the molecule is O=[N+]([O-])c1ccc(C2=NNC(c3cccs3)=Nc3c2ccc2ccccc32)cc1. The van der Waals surface area contributed by atoms with Crippen LogP contribution in [0.1, 0.15) is 16.0 Å². The number of rotatable bonds is 3. The molecular formula is C22H14N4O2S. The van der Waals surface area contributed by atoms with Crippen LogP contribution in [0.4, 0.5) is 11.4 Å². The van der Waals surface area contributed by atoms with E-state index < -0.39 is 4.92 Å². The van der Waals surface area contributed by atoms with E-state index in [-0.39, 0.29) is 5.69 Å². The molecule has 0 atom stereocenters. The molecule has 0 bridgehead atoms. The molecule has 6 nitrogen and oxygen atoms in total. The third kappa shape index (κ3) is 3.07. The maximum Gasteiger partial charge on any atom is 0.269 e. The van der Waals surface area contributed by atoms with Crippen molar-refractivity contribution in [2.24, 2.45) is 10.1 Å². The fraction of sp³-hybridized carbons (Fsp3) is 0. The van der Waals surface area contributed by atoms with Gasteiger partial charge in [-0.25, -0.2) is 4.99 Å². The minimum atomic E-state index is -0.406. The lowest BCUT2D eigenvalue weighted by Crippen LogP contribution is -2.18. The Kier molecular flexibility index (Phi) is 4.14. The van der Waals surface area contributed by atoms with Crippen molar-refractivity contribution in [2.45, 2.75) is 0 Å². The second-order valence-corrected chi connectivity index (χ2v) is 7.44. The number of non-ortho nitro benzene ring substituents is 1. The number of nitro benzene ring substituents is 1. The van der Waals surface area contributed by atoms with Crippen molar-refractivity contribution in [1.29, 1.82) is 0 Å².